The molecule has 1 aliphatic rings. The molecule has 0 N–H and O–H groups in total. The van der Waals surface area contributed by atoms with Crippen molar-refractivity contribution in [2.24, 2.45) is 0 Å². The lowest BCUT2D eigenvalue weighted by Crippen LogP contribution is -2.48. The zero-order valence-corrected chi connectivity index (χ0v) is 18.5. The summed E-state index contributed by atoms with van der Waals surface area (Å²) in [4.78, 5) is 2.35. The summed E-state index contributed by atoms with van der Waals surface area (Å²) in [6.45, 7) is 6.42. The first-order valence-electron chi connectivity index (χ1n) is 10.4. The predicted molar refractivity (Wildman–Crippen MR) is 121 cm³/mol. The Hall–Kier alpha value is -2.97. The van der Waals surface area contributed by atoms with Gasteiger partial charge in [0.25, 0.3) is 0 Å². The number of aryl methyl sites for hydroxylation is 1. The van der Waals surface area contributed by atoms with Gasteiger partial charge in [-0.1, -0.05) is 29.8 Å². The summed E-state index contributed by atoms with van der Waals surface area (Å²) in [6.07, 6.45) is 0. The number of nitrogens with zero attached hydrogens (tertiary/aromatic N) is 4. The van der Waals surface area contributed by atoms with E-state index in [1.807, 2.05) is 38.1 Å². The highest BCUT2D eigenvalue weighted by Crippen LogP contribution is 2.23. The molecule has 4 rings (SSSR count). The summed E-state index contributed by atoms with van der Waals surface area (Å²) in [7, 11) is -3.53. The van der Waals surface area contributed by atoms with E-state index in [1.54, 1.807) is 24.3 Å². The van der Waals surface area contributed by atoms with E-state index in [0.29, 0.717) is 38.5 Å². The number of hydrogen-bond acceptors (Lipinski definition) is 6. The van der Waals surface area contributed by atoms with E-state index >= 15 is 0 Å². The van der Waals surface area contributed by atoms with Crippen LogP contribution in [-0.4, -0.2) is 55.7 Å². The maximum absolute atomic E-state index is 13.0. The Bertz CT molecular complexity index is 1110. The van der Waals surface area contributed by atoms with E-state index in [2.05, 4.69) is 27.2 Å². The quantitative estimate of drug-likeness (QED) is 0.587. The van der Waals surface area contributed by atoms with E-state index in [1.165, 1.54) is 9.87 Å². The van der Waals surface area contributed by atoms with Crippen LogP contribution in [0.1, 0.15) is 12.5 Å². The number of benzene rings is 2. The summed E-state index contributed by atoms with van der Waals surface area (Å²) >= 11 is 0. The van der Waals surface area contributed by atoms with Crippen LogP contribution in [0.25, 0.3) is 11.3 Å². The van der Waals surface area contributed by atoms with Gasteiger partial charge < -0.3 is 9.64 Å². The van der Waals surface area contributed by atoms with E-state index in [0.717, 1.165) is 17.1 Å². The van der Waals surface area contributed by atoms with Gasteiger partial charge in [-0.2, -0.15) is 4.31 Å². The Kier molecular flexibility index (Phi) is 6.20. The number of sulfonamides is 1. The molecule has 0 spiro atoms. The molecular weight excluding hydrogens is 412 g/mol. The standard InChI is InChI=1S/C23H26N4O3S/c1-3-30-20-8-10-21(11-9-20)31(28,29)27-16-14-26(15-17-27)23-13-12-22(24-25-23)19-6-4-18(2)5-7-19/h4-13H,3,14-17H2,1-2H3. The lowest BCUT2D eigenvalue weighted by Gasteiger charge is -2.34. The van der Waals surface area contributed by atoms with Gasteiger partial charge in [-0.15, -0.1) is 10.2 Å². The third-order valence-corrected chi connectivity index (χ3v) is 7.25. The molecule has 1 saturated heterocycles. The van der Waals surface area contributed by atoms with Crippen LogP contribution in [0.5, 0.6) is 5.75 Å². The summed E-state index contributed by atoms with van der Waals surface area (Å²) in [5.74, 6) is 1.42. The molecule has 0 bridgehead atoms. The molecule has 0 amide bonds. The maximum atomic E-state index is 13.0. The van der Waals surface area contributed by atoms with Crippen LogP contribution >= 0.6 is 0 Å². The summed E-state index contributed by atoms with van der Waals surface area (Å²) < 4.78 is 32.8. The number of rotatable bonds is 6. The maximum Gasteiger partial charge on any atom is 0.243 e. The van der Waals surface area contributed by atoms with Crippen molar-refractivity contribution >= 4 is 15.8 Å². The average Bonchev–Trinajstić information content (AvgIpc) is 2.80. The molecule has 7 nitrogen and oxygen atoms in total. The molecule has 1 fully saturated rings. The van der Waals surface area contributed by atoms with Crippen molar-refractivity contribution < 1.29 is 13.2 Å². The molecule has 2 heterocycles. The molecule has 0 saturated carbocycles. The Morgan fingerprint density at radius 2 is 1.55 bits per heavy atom. The van der Waals surface area contributed by atoms with E-state index in [9.17, 15) is 8.42 Å². The Morgan fingerprint density at radius 1 is 0.871 bits per heavy atom. The van der Waals surface area contributed by atoms with Crippen LogP contribution in [-0.2, 0) is 10.0 Å². The van der Waals surface area contributed by atoms with Crippen molar-refractivity contribution in [3.05, 3.63) is 66.2 Å². The molecule has 0 radical (unpaired) electrons. The lowest BCUT2D eigenvalue weighted by molar-refractivity contribution is 0.340. The van der Waals surface area contributed by atoms with Crippen molar-refractivity contribution in [3.63, 3.8) is 0 Å². The number of aromatic nitrogens is 2. The molecular formula is C23H26N4O3S. The fourth-order valence-electron chi connectivity index (χ4n) is 3.55. The molecule has 8 heteroatoms. The molecule has 0 aliphatic carbocycles. The highest BCUT2D eigenvalue weighted by molar-refractivity contribution is 7.89. The van der Waals surface area contributed by atoms with Crippen molar-refractivity contribution in [3.8, 4) is 17.0 Å². The second-order valence-electron chi connectivity index (χ2n) is 7.44. The zero-order valence-electron chi connectivity index (χ0n) is 17.7. The topological polar surface area (TPSA) is 75.6 Å². The molecule has 1 aliphatic heterocycles. The van der Waals surface area contributed by atoms with Crippen LogP contribution in [0.4, 0.5) is 5.82 Å². The van der Waals surface area contributed by atoms with Crippen molar-refractivity contribution in [1.82, 2.24) is 14.5 Å². The van der Waals surface area contributed by atoms with Crippen LogP contribution < -0.4 is 9.64 Å². The monoisotopic (exact) mass is 438 g/mol. The lowest BCUT2D eigenvalue weighted by atomic mass is 10.1. The minimum atomic E-state index is -3.53. The fourth-order valence-corrected chi connectivity index (χ4v) is 4.98. The third-order valence-electron chi connectivity index (χ3n) is 5.33. The minimum absolute atomic E-state index is 0.284. The SMILES string of the molecule is CCOc1ccc(S(=O)(=O)N2CCN(c3ccc(-c4ccc(C)cc4)nn3)CC2)cc1. The van der Waals surface area contributed by atoms with Gasteiger partial charge in [0.1, 0.15) is 5.75 Å². The number of piperazine rings is 1. The normalized spacial score (nSPS) is 15.1. The molecule has 31 heavy (non-hydrogen) atoms. The smallest absolute Gasteiger partial charge is 0.243 e. The molecule has 0 atom stereocenters. The molecule has 162 valence electrons. The van der Waals surface area contributed by atoms with Crippen LogP contribution in [0.15, 0.2) is 65.6 Å². The van der Waals surface area contributed by atoms with Crippen LogP contribution in [0.2, 0.25) is 0 Å². The minimum Gasteiger partial charge on any atom is -0.494 e. The molecule has 2 aromatic carbocycles. The molecule has 3 aromatic rings. The van der Waals surface area contributed by atoms with E-state index in [4.69, 9.17) is 4.74 Å². The Balaban J connectivity index is 1.40. The summed E-state index contributed by atoms with van der Waals surface area (Å²) in [5.41, 5.74) is 3.04. The average molecular weight is 439 g/mol. The molecule has 1 aromatic heterocycles. The first-order valence-corrected chi connectivity index (χ1v) is 11.8. The number of hydrogen-bond donors (Lipinski definition) is 0. The van der Waals surface area contributed by atoms with Crippen molar-refractivity contribution in [1.29, 1.82) is 0 Å². The predicted octanol–water partition coefficient (Wildman–Crippen LogP) is 3.36. The van der Waals surface area contributed by atoms with Crippen molar-refractivity contribution in [2.45, 2.75) is 18.7 Å². The Morgan fingerprint density at radius 3 is 2.13 bits per heavy atom. The van der Waals surface area contributed by atoms with Crippen molar-refractivity contribution in [2.75, 3.05) is 37.7 Å². The van der Waals surface area contributed by atoms with Gasteiger partial charge in [-0.25, -0.2) is 8.42 Å². The largest absolute Gasteiger partial charge is 0.494 e. The number of ether oxygens (including phenoxy) is 1. The van der Waals surface area contributed by atoms with Gasteiger partial charge >= 0.3 is 0 Å². The first-order chi connectivity index (χ1) is 15.0. The first kappa shape index (κ1) is 21.3. The van der Waals surface area contributed by atoms with E-state index in [-0.39, 0.29) is 4.90 Å². The van der Waals surface area contributed by atoms with Gasteiger partial charge in [0.2, 0.25) is 10.0 Å². The van der Waals surface area contributed by atoms with Gasteiger partial charge in [0.15, 0.2) is 5.82 Å². The second-order valence-corrected chi connectivity index (χ2v) is 9.38. The summed E-state index contributed by atoms with van der Waals surface area (Å²) in [5, 5.41) is 8.72. The third kappa shape index (κ3) is 4.70. The van der Waals surface area contributed by atoms with E-state index < -0.39 is 10.0 Å². The molecule has 0 unspecified atom stereocenters. The van der Waals surface area contributed by atoms with Gasteiger partial charge in [-0.05, 0) is 50.2 Å². The van der Waals surface area contributed by atoms with Gasteiger partial charge in [0.05, 0.1) is 17.2 Å². The fraction of sp³-hybridized carbons (Fsp3) is 0.304. The summed E-state index contributed by atoms with van der Waals surface area (Å²) in [6, 6.07) is 18.6. The van der Waals surface area contributed by atoms with Crippen LogP contribution in [0, 0.1) is 6.92 Å². The van der Waals surface area contributed by atoms with Crippen LogP contribution in [0.3, 0.4) is 0 Å². The second kappa shape index (κ2) is 9.03. The zero-order chi connectivity index (χ0) is 21.8. The van der Waals surface area contributed by atoms with Gasteiger partial charge in [0, 0.05) is 31.7 Å². The van der Waals surface area contributed by atoms with Gasteiger partial charge in [-0.3, -0.25) is 0 Å². The highest BCUT2D eigenvalue weighted by atomic mass is 32.2. The highest BCUT2D eigenvalue weighted by Gasteiger charge is 2.29. The number of anilines is 1. The Labute approximate surface area is 183 Å².